The summed E-state index contributed by atoms with van der Waals surface area (Å²) >= 11 is -4.76. The molecule has 0 radical (unpaired) electrons. The van der Waals surface area contributed by atoms with Gasteiger partial charge in [-0.15, -0.1) is 0 Å². The summed E-state index contributed by atoms with van der Waals surface area (Å²) in [5.74, 6) is -0.391. The van der Waals surface area contributed by atoms with E-state index in [2.05, 4.69) is 14.5 Å². The van der Waals surface area contributed by atoms with Gasteiger partial charge in [0.15, 0.2) is 0 Å². The van der Waals surface area contributed by atoms with Crippen molar-refractivity contribution in [3.05, 3.63) is 84.4 Å². The molecule has 0 aromatic heterocycles. The molecule has 0 spiro atoms. The Bertz CT molecular complexity index is 1070. The number of benzene rings is 3. The van der Waals surface area contributed by atoms with Gasteiger partial charge >= 0.3 is 88.4 Å². The molecule has 0 saturated heterocycles. The van der Waals surface area contributed by atoms with E-state index in [0.29, 0.717) is 22.6 Å². The van der Waals surface area contributed by atoms with Gasteiger partial charge in [0.1, 0.15) is 0 Å². The Morgan fingerprint density at radius 2 is 1.48 bits per heavy atom. The number of amides is 2. The van der Waals surface area contributed by atoms with Crippen LogP contribution < -0.4 is 20.7 Å². The third-order valence-corrected chi connectivity index (χ3v) is 6.33. The number of nitrogens with two attached hydrogens (primary N) is 1. The predicted octanol–water partition coefficient (Wildman–Crippen LogP) is 2.22. The molecule has 0 fully saturated rings. The maximum atomic E-state index is 11.8. The van der Waals surface area contributed by atoms with Crippen molar-refractivity contribution in [1.82, 2.24) is 0 Å². The quantitative estimate of drug-likeness (QED) is 0.160. The molecule has 3 aromatic rings. The molecule has 0 saturated carbocycles. The van der Waals surface area contributed by atoms with Gasteiger partial charge in [-0.1, -0.05) is 30.3 Å². The second-order valence-electron chi connectivity index (χ2n) is 6.24. The minimum Gasteiger partial charge on any atom is -0.397 e. The summed E-state index contributed by atoms with van der Waals surface area (Å²) in [6.07, 6.45) is 0. The van der Waals surface area contributed by atoms with Crippen molar-refractivity contribution in [2.45, 2.75) is 6.92 Å². The van der Waals surface area contributed by atoms with Crippen LogP contribution in [0.2, 0.25) is 0 Å². The van der Waals surface area contributed by atoms with E-state index >= 15 is 0 Å². The van der Waals surface area contributed by atoms with E-state index in [0.717, 1.165) is 0 Å². The molecule has 3 aromatic carbocycles. The van der Waals surface area contributed by atoms with Gasteiger partial charge < -0.3 is 11.1 Å². The number of para-hydroxylation sites is 2. The average molecular weight is 487 g/mol. The number of hydrogen-bond donors (Lipinski definition) is 5. The minimum absolute atomic E-state index is 0.00438. The van der Waals surface area contributed by atoms with Gasteiger partial charge in [0.05, 0.1) is 11.4 Å². The maximum absolute atomic E-state index is 11.8. The number of hydrogen-bond acceptors (Lipinski definition) is 6. The van der Waals surface area contributed by atoms with Crippen LogP contribution in [0.15, 0.2) is 78.9 Å². The van der Waals surface area contributed by atoms with Gasteiger partial charge in [-0.25, -0.2) is 0 Å². The van der Waals surface area contributed by atoms with E-state index in [1.807, 2.05) is 30.3 Å². The zero-order valence-corrected chi connectivity index (χ0v) is 18.4. The molecule has 2 amide bonds. The molecular weight excluding hydrogens is 465 g/mol. The third-order valence-electron chi connectivity index (χ3n) is 3.87. The first kappa shape index (κ1) is 23.9. The zero-order chi connectivity index (χ0) is 22.9. The molecular formula is C21H22AsN3O6. The van der Waals surface area contributed by atoms with Crippen molar-refractivity contribution in [2.75, 3.05) is 16.4 Å². The molecule has 31 heavy (non-hydrogen) atoms. The molecule has 9 nitrogen and oxygen atoms in total. The summed E-state index contributed by atoms with van der Waals surface area (Å²) in [6, 6.07) is 21.7. The molecule has 1 unspecified atom stereocenters. The van der Waals surface area contributed by atoms with Crippen molar-refractivity contribution < 1.29 is 26.6 Å². The van der Waals surface area contributed by atoms with Crippen LogP contribution in [-0.4, -0.2) is 35.3 Å². The Kier molecular flexibility index (Phi) is 8.60. The van der Waals surface area contributed by atoms with Gasteiger partial charge in [0.25, 0.3) is 5.91 Å². The Labute approximate surface area is 181 Å². The topological polar surface area (TPSA) is 151 Å². The first-order chi connectivity index (χ1) is 14.7. The van der Waals surface area contributed by atoms with Crippen LogP contribution in [0.3, 0.4) is 0 Å². The first-order valence-electron chi connectivity index (χ1n) is 8.98. The van der Waals surface area contributed by atoms with Crippen LogP contribution in [0, 0.1) is 0 Å². The molecule has 10 heteroatoms. The molecule has 0 bridgehead atoms. The number of anilines is 3. The number of nitrogens with one attached hydrogen (secondary N) is 2. The van der Waals surface area contributed by atoms with E-state index in [1.54, 1.807) is 24.3 Å². The maximum Gasteiger partial charge on any atom is 0.255 e. The Morgan fingerprint density at radius 3 is 2.03 bits per heavy atom. The van der Waals surface area contributed by atoms with E-state index in [4.69, 9.17) is 15.1 Å². The smallest absolute Gasteiger partial charge is 0.255 e. The summed E-state index contributed by atoms with van der Waals surface area (Å²) in [7, 11) is 0. The van der Waals surface area contributed by atoms with Crippen molar-refractivity contribution >= 4 is 47.4 Å². The molecule has 0 aliphatic carbocycles. The van der Waals surface area contributed by atoms with E-state index in [9.17, 15) is 13.3 Å². The largest absolute Gasteiger partial charge is 0.397 e. The van der Waals surface area contributed by atoms with Crippen molar-refractivity contribution in [3.63, 3.8) is 0 Å². The first-order valence-corrected chi connectivity index (χ1v) is 12.3. The Morgan fingerprint density at radius 1 is 0.903 bits per heavy atom. The Hall–Kier alpha value is -3.36. The summed E-state index contributed by atoms with van der Waals surface area (Å²) in [5, 5.41) is 13.5. The van der Waals surface area contributed by atoms with E-state index in [-0.39, 0.29) is 16.2 Å². The number of carbonyl (C=O) groups excluding carboxylic acids is 2. The fourth-order valence-corrected chi connectivity index (χ4v) is 3.68. The molecule has 6 N–H and O–H groups in total. The molecule has 0 aliphatic rings. The van der Waals surface area contributed by atoms with Crippen molar-refractivity contribution in [2.24, 2.45) is 0 Å². The van der Waals surface area contributed by atoms with Gasteiger partial charge in [-0.2, -0.15) is 0 Å². The van der Waals surface area contributed by atoms with Crippen LogP contribution in [0.25, 0.3) is 0 Å². The fraction of sp³-hybridized carbons (Fsp3) is 0.0476. The van der Waals surface area contributed by atoms with Crippen LogP contribution >= 0.6 is 0 Å². The van der Waals surface area contributed by atoms with Gasteiger partial charge in [0.2, 0.25) is 0 Å². The van der Waals surface area contributed by atoms with Crippen molar-refractivity contribution in [3.8, 4) is 0 Å². The SMILES string of the molecule is CC(=O)Nc1ccc([As](=O)(O)OO)cc1.Nc1ccccc1NC(=O)c1ccccc1. The van der Waals surface area contributed by atoms with Gasteiger partial charge in [-0.3, -0.25) is 4.79 Å². The normalized spacial score (nSPS) is 12.0. The molecule has 0 aliphatic heterocycles. The minimum atomic E-state index is -4.76. The van der Waals surface area contributed by atoms with E-state index < -0.39 is 14.2 Å². The number of carbonyl (C=O) groups is 2. The Balaban J connectivity index is 0.000000221. The molecule has 3 rings (SSSR count). The van der Waals surface area contributed by atoms with Crippen LogP contribution in [0.4, 0.5) is 17.1 Å². The number of nitrogen functional groups attached to an aromatic ring is 1. The van der Waals surface area contributed by atoms with Gasteiger partial charge in [0, 0.05) is 5.56 Å². The summed E-state index contributed by atoms with van der Waals surface area (Å²) in [5.41, 5.74) is 8.05. The van der Waals surface area contributed by atoms with Crippen LogP contribution in [0.1, 0.15) is 17.3 Å². The molecule has 0 heterocycles. The second-order valence-corrected chi connectivity index (χ2v) is 9.85. The van der Waals surface area contributed by atoms with Crippen LogP contribution in [-0.2, 0) is 12.4 Å². The summed E-state index contributed by atoms with van der Waals surface area (Å²) < 4.78 is 23.8. The summed E-state index contributed by atoms with van der Waals surface area (Å²) in [6.45, 7) is 1.35. The zero-order valence-electron chi connectivity index (χ0n) is 16.6. The van der Waals surface area contributed by atoms with Crippen molar-refractivity contribution in [1.29, 1.82) is 0 Å². The second kappa shape index (κ2) is 11.1. The monoisotopic (exact) mass is 487 g/mol. The average Bonchev–Trinajstić information content (AvgIpc) is 2.76. The van der Waals surface area contributed by atoms with E-state index in [1.165, 1.54) is 31.2 Å². The summed E-state index contributed by atoms with van der Waals surface area (Å²) in [4.78, 5) is 22.5. The standard InChI is InChI=1S/C13H12N2O.C8H10AsNO5/c14-11-8-4-5-9-12(11)15-13(16)10-6-2-1-3-7-10;1-6(11)10-8-4-2-7(3-5-8)9(12,13)15-14/h1-9H,14H2,(H,15,16);2-5,14H,1H3,(H,10,11)(H,12,13). The van der Waals surface area contributed by atoms with Gasteiger partial charge in [-0.05, 0) is 24.3 Å². The fourth-order valence-electron chi connectivity index (χ4n) is 2.38. The van der Waals surface area contributed by atoms with Crippen LogP contribution in [0.5, 0.6) is 0 Å². The third kappa shape index (κ3) is 7.43. The number of rotatable bonds is 5. The predicted molar refractivity (Wildman–Crippen MR) is 118 cm³/mol. The molecule has 1 atom stereocenters. The molecule has 162 valence electrons.